The Kier molecular flexibility index (Phi) is 6.00. The molecule has 0 amide bonds. The third-order valence-electron chi connectivity index (χ3n) is 1.65. The third-order valence-corrected chi connectivity index (χ3v) is 7.54. The van der Waals surface area contributed by atoms with Crippen LogP contribution in [0.25, 0.3) is 0 Å². The lowest BCUT2D eigenvalue weighted by Gasteiger charge is -2.12. The summed E-state index contributed by atoms with van der Waals surface area (Å²) in [6.07, 6.45) is 0.879. The highest BCUT2D eigenvalue weighted by Gasteiger charge is 2.16. The van der Waals surface area contributed by atoms with Crippen LogP contribution in [0.5, 0.6) is 0 Å². The highest BCUT2D eigenvalue weighted by molar-refractivity contribution is 9.15. The molecular weight excluding hydrogens is 531 g/mol. The van der Waals surface area contributed by atoms with Gasteiger partial charge in [0.2, 0.25) is 0 Å². The zero-order valence-corrected chi connectivity index (χ0v) is 15.4. The van der Waals surface area contributed by atoms with Crippen molar-refractivity contribution < 1.29 is 0 Å². The van der Waals surface area contributed by atoms with Gasteiger partial charge in [0.05, 0.1) is 9.50 Å². The maximum atomic E-state index is 6.21. The lowest BCUT2D eigenvalue weighted by molar-refractivity contribution is 1.14. The van der Waals surface area contributed by atoms with Gasteiger partial charge >= 0.3 is 0 Å². The van der Waals surface area contributed by atoms with Crippen LogP contribution in [0.15, 0.2) is 17.9 Å². The number of hydrogen-bond donors (Lipinski definition) is 0. The van der Waals surface area contributed by atoms with E-state index in [4.69, 9.17) is 11.6 Å². The molecule has 78 valence electrons. The van der Waals surface area contributed by atoms with E-state index in [2.05, 4.69) is 79.6 Å². The van der Waals surface area contributed by atoms with E-state index in [0.717, 1.165) is 40.2 Å². The van der Waals surface area contributed by atoms with Crippen molar-refractivity contribution in [1.82, 2.24) is 0 Å². The van der Waals surface area contributed by atoms with E-state index in [1.807, 2.05) is 0 Å². The SMILES string of the molecule is Clc1c(Br)c(Br)c(Br)c(Br)c1CCBr. The molecule has 0 aliphatic heterocycles. The van der Waals surface area contributed by atoms with Gasteiger partial charge in [-0.2, -0.15) is 0 Å². The van der Waals surface area contributed by atoms with Crippen LogP contribution in [0.4, 0.5) is 0 Å². The molecule has 0 spiro atoms. The van der Waals surface area contributed by atoms with Crippen LogP contribution in [0.1, 0.15) is 5.56 Å². The molecule has 0 atom stereocenters. The molecular formula is C8H4Br5Cl. The van der Waals surface area contributed by atoms with Gasteiger partial charge in [-0.1, -0.05) is 27.5 Å². The molecule has 0 bridgehead atoms. The van der Waals surface area contributed by atoms with Crippen LogP contribution in [0.2, 0.25) is 5.02 Å². The van der Waals surface area contributed by atoms with E-state index in [0.29, 0.717) is 0 Å². The van der Waals surface area contributed by atoms with Crippen LogP contribution < -0.4 is 0 Å². The highest BCUT2D eigenvalue weighted by atomic mass is 79.9. The lowest BCUT2D eigenvalue weighted by atomic mass is 10.2. The minimum Gasteiger partial charge on any atom is -0.0924 e. The molecule has 0 N–H and O–H groups in total. The maximum Gasteiger partial charge on any atom is 0.0603 e. The number of halogens is 6. The normalized spacial score (nSPS) is 10.7. The van der Waals surface area contributed by atoms with Crippen molar-refractivity contribution in [2.24, 2.45) is 0 Å². The van der Waals surface area contributed by atoms with Crippen LogP contribution in [0.3, 0.4) is 0 Å². The first-order valence-electron chi connectivity index (χ1n) is 3.57. The number of hydrogen-bond acceptors (Lipinski definition) is 0. The van der Waals surface area contributed by atoms with Gasteiger partial charge in [-0.3, -0.25) is 0 Å². The first-order valence-corrected chi connectivity index (χ1v) is 8.24. The summed E-state index contributed by atoms with van der Waals surface area (Å²) in [5.41, 5.74) is 1.09. The van der Waals surface area contributed by atoms with Crippen molar-refractivity contribution in [3.05, 3.63) is 28.5 Å². The number of alkyl halides is 1. The van der Waals surface area contributed by atoms with Gasteiger partial charge < -0.3 is 0 Å². The molecule has 0 radical (unpaired) electrons. The van der Waals surface area contributed by atoms with E-state index in [1.54, 1.807) is 0 Å². The fourth-order valence-electron chi connectivity index (χ4n) is 0.964. The summed E-state index contributed by atoms with van der Waals surface area (Å²) >= 11 is 23.5. The Labute approximate surface area is 130 Å². The molecule has 0 aliphatic carbocycles. The van der Waals surface area contributed by atoms with E-state index in [9.17, 15) is 0 Å². The molecule has 0 unspecified atom stereocenters. The van der Waals surface area contributed by atoms with Crippen molar-refractivity contribution in [3.8, 4) is 0 Å². The van der Waals surface area contributed by atoms with Crippen molar-refractivity contribution >= 4 is 91.3 Å². The minimum absolute atomic E-state index is 0.742. The van der Waals surface area contributed by atoms with Crippen molar-refractivity contribution in [3.63, 3.8) is 0 Å². The van der Waals surface area contributed by atoms with Gasteiger partial charge in [-0.05, 0) is 75.7 Å². The van der Waals surface area contributed by atoms with Gasteiger partial charge in [0.1, 0.15) is 0 Å². The Morgan fingerprint density at radius 2 is 1.36 bits per heavy atom. The molecule has 0 saturated heterocycles. The molecule has 0 aliphatic rings. The predicted molar refractivity (Wildman–Crippen MR) is 79.8 cm³/mol. The summed E-state index contributed by atoms with van der Waals surface area (Å²) in [4.78, 5) is 0. The molecule has 1 aromatic rings. The van der Waals surface area contributed by atoms with Gasteiger partial charge in [-0.15, -0.1) is 0 Å². The summed E-state index contributed by atoms with van der Waals surface area (Å²) in [5, 5.41) is 1.62. The largest absolute Gasteiger partial charge is 0.0924 e. The van der Waals surface area contributed by atoms with Gasteiger partial charge in [0.15, 0.2) is 0 Å². The fourth-order valence-corrected chi connectivity index (χ4v) is 4.27. The van der Waals surface area contributed by atoms with E-state index >= 15 is 0 Å². The van der Waals surface area contributed by atoms with E-state index in [1.165, 1.54) is 0 Å². The van der Waals surface area contributed by atoms with E-state index < -0.39 is 0 Å². The monoisotopic (exact) mass is 530 g/mol. The standard InChI is InChI=1S/C8H4Br5Cl/c9-2-1-3-4(10)5(11)6(12)7(13)8(3)14/h1-2H2. The molecule has 1 rings (SSSR count). The summed E-state index contributed by atoms with van der Waals surface area (Å²) < 4.78 is 3.78. The molecule has 1 aromatic carbocycles. The van der Waals surface area contributed by atoms with Crippen LogP contribution in [0, 0.1) is 0 Å². The number of benzene rings is 1. The molecule has 0 saturated carbocycles. The highest BCUT2D eigenvalue weighted by Crippen LogP contribution is 2.44. The van der Waals surface area contributed by atoms with Crippen LogP contribution in [-0.4, -0.2) is 5.33 Å². The molecule has 0 nitrogen and oxygen atoms in total. The Bertz CT molecular complexity index is 334. The summed E-state index contributed by atoms with van der Waals surface area (Å²) in [7, 11) is 0. The predicted octanol–water partition coefficient (Wildman–Crippen LogP) is 6.33. The minimum atomic E-state index is 0.742. The summed E-state index contributed by atoms with van der Waals surface area (Å²) in [6.45, 7) is 0. The zero-order valence-electron chi connectivity index (χ0n) is 6.68. The molecule has 6 heteroatoms. The van der Waals surface area contributed by atoms with Gasteiger partial charge in [-0.25, -0.2) is 0 Å². The molecule has 0 fully saturated rings. The average Bonchev–Trinajstić information content (AvgIpc) is 2.19. The second-order valence-electron chi connectivity index (χ2n) is 2.49. The molecule has 0 heterocycles. The Morgan fingerprint density at radius 3 is 1.86 bits per heavy atom. The lowest BCUT2D eigenvalue weighted by Crippen LogP contribution is -1.93. The second-order valence-corrected chi connectivity index (χ2v) is 6.83. The average molecular weight is 535 g/mol. The Balaban J connectivity index is 3.43. The smallest absolute Gasteiger partial charge is 0.0603 e. The van der Waals surface area contributed by atoms with Crippen LogP contribution in [-0.2, 0) is 6.42 Å². The second kappa shape index (κ2) is 6.01. The van der Waals surface area contributed by atoms with Crippen LogP contribution >= 0.6 is 91.3 Å². The van der Waals surface area contributed by atoms with Crippen molar-refractivity contribution in [1.29, 1.82) is 0 Å². The van der Waals surface area contributed by atoms with Crippen molar-refractivity contribution in [2.45, 2.75) is 6.42 Å². The summed E-state index contributed by atoms with van der Waals surface area (Å²) in [6, 6.07) is 0. The first-order chi connectivity index (χ1) is 6.50. The quantitative estimate of drug-likeness (QED) is 0.236. The fraction of sp³-hybridized carbons (Fsp3) is 0.250. The zero-order chi connectivity index (χ0) is 10.9. The van der Waals surface area contributed by atoms with Crippen molar-refractivity contribution in [2.75, 3.05) is 5.33 Å². The Morgan fingerprint density at radius 1 is 0.857 bits per heavy atom. The third kappa shape index (κ3) is 2.77. The van der Waals surface area contributed by atoms with Gasteiger partial charge in [0.25, 0.3) is 0 Å². The Hall–Kier alpha value is 1.91. The molecule has 14 heavy (non-hydrogen) atoms. The maximum absolute atomic E-state index is 6.21. The van der Waals surface area contributed by atoms with Gasteiger partial charge in [0, 0.05) is 18.7 Å². The first kappa shape index (κ1) is 14.0. The van der Waals surface area contributed by atoms with E-state index in [-0.39, 0.29) is 0 Å². The number of rotatable bonds is 2. The topological polar surface area (TPSA) is 0 Å². The molecule has 0 aromatic heterocycles. The summed E-state index contributed by atoms with van der Waals surface area (Å²) in [5.74, 6) is 0.